The van der Waals surface area contributed by atoms with Crippen LogP contribution in [-0.2, 0) is 4.74 Å². The summed E-state index contributed by atoms with van der Waals surface area (Å²) in [6.07, 6.45) is 8.42. The minimum Gasteiger partial charge on any atom is -0.379 e. The topological polar surface area (TPSA) is 48.9 Å². The Balaban J connectivity index is 1.66. The molecular weight excluding hydrogens is 288 g/mol. The molecule has 2 aliphatic rings. The van der Waals surface area contributed by atoms with Crippen LogP contribution in [0.1, 0.15) is 52.4 Å². The predicted octanol–water partition coefficient (Wildman–Crippen LogP) is 2.23. The molecule has 0 aromatic heterocycles. The summed E-state index contributed by atoms with van der Waals surface area (Å²) < 4.78 is 5.42. The Morgan fingerprint density at radius 3 is 2.65 bits per heavy atom. The van der Waals surface area contributed by atoms with Gasteiger partial charge in [-0.3, -0.25) is 9.89 Å². The molecule has 1 saturated carbocycles. The maximum absolute atomic E-state index is 5.42. The Kier molecular flexibility index (Phi) is 8.76. The first-order chi connectivity index (χ1) is 11.3. The first kappa shape index (κ1) is 18.5. The minimum absolute atomic E-state index is 0.479. The van der Waals surface area contributed by atoms with Gasteiger partial charge in [-0.25, -0.2) is 0 Å². The quantitative estimate of drug-likeness (QED) is 0.408. The third kappa shape index (κ3) is 7.08. The Bertz CT molecular complexity index is 336. The molecule has 0 radical (unpaired) electrons. The van der Waals surface area contributed by atoms with Crippen LogP contribution in [0.3, 0.4) is 0 Å². The van der Waals surface area contributed by atoms with E-state index >= 15 is 0 Å². The number of hydrogen-bond donors (Lipinski definition) is 2. The van der Waals surface area contributed by atoms with E-state index in [1.54, 1.807) is 0 Å². The second kappa shape index (κ2) is 10.9. The van der Waals surface area contributed by atoms with Gasteiger partial charge in [0.1, 0.15) is 0 Å². The van der Waals surface area contributed by atoms with Crippen molar-refractivity contribution in [1.29, 1.82) is 0 Å². The van der Waals surface area contributed by atoms with Gasteiger partial charge in [0.25, 0.3) is 0 Å². The Hall–Kier alpha value is -0.810. The highest BCUT2D eigenvalue weighted by molar-refractivity contribution is 5.79. The van der Waals surface area contributed by atoms with Crippen molar-refractivity contribution in [3.63, 3.8) is 0 Å². The molecule has 1 aliphatic carbocycles. The average molecular weight is 325 g/mol. The van der Waals surface area contributed by atoms with E-state index in [-0.39, 0.29) is 0 Å². The molecule has 0 bridgehead atoms. The van der Waals surface area contributed by atoms with Gasteiger partial charge >= 0.3 is 0 Å². The van der Waals surface area contributed by atoms with Crippen LogP contribution in [0.4, 0.5) is 0 Å². The standard InChI is InChI=1S/C18H36N4O/c1-3-19-18(20-10-6-9-17-7-4-5-8-17)21-15-16(2)22-11-13-23-14-12-22/h16-17H,3-15H2,1-2H3,(H2,19,20,21). The van der Waals surface area contributed by atoms with Crippen molar-refractivity contribution in [2.45, 2.75) is 58.4 Å². The lowest BCUT2D eigenvalue weighted by Crippen LogP contribution is -2.44. The second-order valence-electron chi connectivity index (χ2n) is 6.94. The summed E-state index contributed by atoms with van der Waals surface area (Å²) in [6.45, 7) is 11.0. The molecule has 1 unspecified atom stereocenters. The zero-order chi connectivity index (χ0) is 16.3. The number of rotatable bonds is 8. The maximum Gasteiger partial charge on any atom is 0.191 e. The zero-order valence-corrected chi connectivity index (χ0v) is 15.1. The predicted molar refractivity (Wildman–Crippen MR) is 97.0 cm³/mol. The maximum atomic E-state index is 5.42. The van der Waals surface area contributed by atoms with Gasteiger partial charge in [-0.15, -0.1) is 0 Å². The van der Waals surface area contributed by atoms with E-state index in [1.807, 2.05) is 0 Å². The van der Waals surface area contributed by atoms with Crippen molar-refractivity contribution in [3.05, 3.63) is 0 Å². The van der Waals surface area contributed by atoms with Crippen LogP contribution in [-0.4, -0.2) is 62.8 Å². The fourth-order valence-electron chi connectivity index (χ4n) is 3.60. The fourth-order valence-corrected chi connectivity index (χ4v) is 3.60. The average Bonchev–Trinajstić information content (AvgIpc) is 3.10. The molecule has 134 valence electrons. The molecule has 1 heterocycles. The number of hydrogen-bond acceptors (Lipinski definition) is 3. The van der Waals surface area contributed by atoms with Crippen molar-refractivity contribution in [2.24, 2.45) is 10.9 Å². The first-order valence-corrected chi connectivity index (χ1v) is 9.63. The first-order valence-electron chi connectivity index (χ1n) is 9.63. The molecule has 5 nitrogen and oxygen atoms in total. The van der Waals surface area contributed by atoms with Gasteiger partial charge in [0.15, 0.2) is 5.96 Å². The third-order valence-corrected chi connectivity index (χ3v) is 5.08. The number of nitrogens with one attached hydrogen (secondary N) is 2. The number of guanidine groups is 1. The van der Waals surface area contributed by atoms with Crippen LogP contribution in [0.15, 0.2) is 4.99 Å². The minimum atomic E-state index is 0.479. The van der Waals surface area contributed by atoms with E-state index in [1.165, 1.54) is 38.5 Å². The van der Waals surface area contributed by atoms with Gasteiger partial charge < -0.3 is 15.4 Å². The van der Waals surface area contributed by atoms with E-state index in [2.05, 4.69) is 29.4 Å². The van der Waals surface area contributed by atoms with Crippen molar-refractivity contribution in [2.75, 3.05) is 45.9 Å². The second-order valence-corrected chi connectivity index (χ2v) is 6.94. The zero-order valence-electron chi connectivity index (χ0n) is 15.1. The molecule has 5 heteroatoms. The Morgan fingerprint density at radius 1 is 1.22 bits per heavy atom. The van der Waals surface area contributed by atoms with Gasteiger partial charge in [-0.05, 0) is 32.6 Å². The third-order valence-electron chi connectivity index (χ3n) is 5.08. The lowest BCUT2D eigenvalue weighted by atomic mass is 10.0. The molecular formula is C18H36N4O. The summed E-state index contributed by atoms with van der Waals surface area (Å²) in [4.78, 5) is 7.24. The highest BCUT2D eigenvalue weighted by Gasteiger charge is 2.17. The number of aliphatic imine (C=N–C) groups is 1. The van der Waals surface area contributed by atoms with E-state index < -0.39 is 0 Å². The summed E-state index contributed by atoms with van der Waals surface area (Å²) in [7, 11) is 0. The molecule has 23 heavy (non-hydrogen) atoms. The van der Waals surface area contributed by atoms with Gasteiger partial charge in [0, 0.05) is 32.2 Å². The summed E-state index contributed by atoms with van der Waals surface area (Å²) in [5.41, 5.74) is 0. The molecule has 1 atom stereocenters. The fraction of sp³-hybridized carbons (Fsp3) is 0.944. The van der Waals surface area contributed by atoms with E-state index in [0.29, 0.717) is 6.04 Å². The van der Waals surface area contributed by atoms with Crippen molar-refractivity contribution < 1.29 is 4.74 Å². The molecule has 1 aliphatic heterocycles. The lowest BCUT2D eigenvalue weighted by molar-refractivity contribution is 0.0220. The summed E-state index contributed by atoms with van der Waals surface area (Å²) in [6, 6.07) is 0.479. The molecule has 0 amide bonds. The SMILES string of the molecule is CCNC(=NCC(C)N1CCOCC1)NCCCC1CCCC1. The number of morpholine rings is 1. The normalized spacial score (nSPS) is 22.3. The van der Waals surface area contributed by atoms with Gasteiger partial charge in [-0.2, -0.15) is 0 Å². The van der Waals surface area contributed by atoms with Crippen LogP contribution in [0.25, 0.3) is 0 Å². The molecule has 0 spiro atoms. The van der Waals surface area contributed by atoms with Gasteiger partial charge in [0.2, 0.25) is 0 Å². The van der Waals surface area contributed by atoms with Crippen molar-refractivity contribution >= 4 is 5.96 Å². The smallest absolute Gasteiger partial charge is 0.191 e. The van der Waals surface area contributed by atoms with Crippen LogP contribution in [0.2, 0.25) is 0 Å². The molecule has 0 aromatic carbocycles. The molecule has 1 saturated heterocycles. The highest BCUT2D eigenvalue weighted by Crippen LogP contribution is 2.28. The lowest BCUT2D eigenvalue weighted by Gasteiger charge is -2.31. The monoisotopic (exact) mass is 324 g/mol. The largest absolute Gasteiger partial charge is 0.379 e. The number of ether oxygens (including phenoxy) is 1. The van der Waals surface area contributed by atoms with Crippen LogP contribution >= 0.6 is 0 Å². The molecule has 2 N–H and O–H groups in total. The van der Waals surface area contributed by atoms with Crippen molar-refractivity contribution in [1.82, 2.24) is 15.5 Å². The number of nitrogens with zero attached hydrogens (tertiary/aromatic N) is 2. The van der Waals surface area contributed by atoms with Crippen molar-refractivity contribution in [3.8, 4) is 0 Å². The Morgan fingerprint density at radius 2 is 1.96 bits per heavy atom. The van der Waals surface area contributed by atoms with E-state index in [4.69, 9.17) is 9.73 Å². The molecule has 2 fully saturated rings. The summed E-state index contributed by atoms with van der Waals surface area (Å²) >= 11 is 0. The van der Waals surface area contributed by atoms with E-state index in [9.17, 15) is 0 Å². The molecule has 0 aromatic rings. The van der Waals surface area contributed by atoms with E-state index in [0.717, 1.165) is 57.8 Å². The molecule has 2 rings (SSSR count). The van der Waals surface area contributed by atoms with Crippen LogP contribution < -0.4 is 10.6 Å². The van der Waals surface area contributed by atoms with Gasteiger partial charge in [-0.1, -0.05) is 25.7 Å². The van der Waals surface area contributed by atoms with Crippen LogP contribution in [0, 0.1) is 5.92 Å². The Labute approximate surface area is 142 Å². The van der Waals surface area contributed by atoms with Gasteiger partial charge in [0.05, 0.1) is 19.8 Å². The highest BCUT2D eigenvalue weighted by atomic mass is 16.5. The summed E-state index contributed by atoms with van der Waals surface area (Å²) in [5, 5.41) is 6.86. The summed E-state index contributed by atoms with van der Waals surface area (Å²) in [5.74, 6) is 1.96. The van der Waals surface area contributed by atoms with Crippen LogP contribution in [0.5, 0.6) is 0 Å².